The second kappa shape index (κ2) is 5.11. The summed E-state index contributed by atoms with van der Waals surface area (Å²) in [6.45, 7) is 0. The summed E-state index contributed by atoms with van der Waals surface area (Å²) >= 11 is 7.53. The molecule has 0 radical (unpaired) electrons. The first-order valence-electron chi connectivity index (χ1n) is 5.78. The summed E-state index contributed by atoms with van der Waals surface area (Å²) in [5.74, 6) is -1.00. The molecule has 4 nitrogen and oxygen atoms in total. The number of hydrogen-bond acceptors (Lipinski definition) is 3. The molecule has 0 amide bonds. The molecular formula is C14H9ClN2O2S. The minimum atomic E-state index is -1.00. The van der Waals surface area contributed by atoms with Crippen LogP contribution in [-0.4, -0.2) is 20.5 Å². The van der Waals surface area contributed by atoms with Crippen molar-refractivity contribution < 1.29 is 9.90 Å². The highest BCUT2D eigenvalue weighted by Crippen LogP contribution is 2.26. The number of fused-ring (bicyclic) bond motifs is 1. The highest BCUT2D eigenvalue weighted by Gasteiger charge is 2.15. The van der Waals surface area contributed by atoms with Crippen LogP contribution in [0.4, 0.5) is 0 Å². The van der Waals surface area contributed by atoms with E-state index >= 15 is 0 Å². The van der Waals surface area contributed by atoms with Gasteiger partial charge in [-0.1, -0.05) is 41.9 Å². The minimum Gasteiger partial charge on any atom is -0.478 e. The van der Waals surface area contributed by atoms with Crippen LogP contribution in [0.3, 0.4) is 0 Å². The molecule has 1 N–H and O–H groups in total. The molecule has 0 aliphatic carbocycles. The van der Waals surface area contributed by atoms with E-state index < -0.39 is 5.97 Å². The van der Waals surface area contributed by atoms with E-state index in [2.05, 4.69) is 4.98 Å². The van der Waals surface area contributed by atoms with Crippen molar-refractivity contribution >= 4 is 45.5 Å². The van der Waals surface area contributed by atoms with E-state index in [1.54, 1.807) is 34.7 Å². The highest BCUT2D eigenvalue weighted by atomic mass is 35.5. The number of thiazole rings is 1. The summed E-state index contributed by atoms with van der Waals surface area (Å²) in [6.07, 6.45) is 3.36. The third kappa shape index (κ3) is 2.21. The van der Waals surface area contributed by atoms with Crippen molar-refractivity contribution in [2.24, 2.45) is 0 Å². The zero-order valence-electron chi connectivity index (χ0n) is 10.2. The maximum Gasteiger partial charge on any atom is 0.336 e. The fourth-order valence-electron chi connectivity index (χ4n) is 1.93. The van der Waals surface area contributed by atoms with Gasteiger partial charge in [-0.25, -0.2) is 9.78 Å². The lowest BCUT2D eigenvalue weighted by atomic mass is 10.1. The maximum absolute atomic E-state index is 11.5. The van der Waals surface area contributed by atoms with E-state index in [1.807, 2.05) is 17.6 Å². The van der Waals surface area contributed by atoms with Crippen LogP contribution in [0.2, 0.25) is 5.15 Å². The van der Waals surface area contributed by atoms with E-state index in [4.69, 9.17) is 11.6 Å². The largest absolute Gasteiger partial charge is 0.478 e. The van der Waals surface area contributed by atoms with Gasteiger partial charge in [-0.3, -0.25) is 4.40 Å². The molecule has 0 bridgehead atoms. The zero-order chi connectivity index (χ0) is 14.1. The Morgan fingerprint density at radius 2 is 2.10 bits per heavy atom. The summed E-state index contributed by atoms with van der Waals surface area (Å²) in [7, 11) is 0. The number of carboxylic acids is 1. The van der Waals surface area contributed by atoms with Crippen molar-refractivity contribution in [2.45, 2.75) is 0 Å². The number of rotatable bonds is 3. The average Bonchev–Trinajstić information content (AvgIpc) is 2.98. The molecule has 0 saturated heterocycles. The van der Waals surface area contributed by atoms with Crippen LogP contribution in [0, 0.1) is 0 Å². The Hall–Kier alpha value is -2.11. The van der Waals surface area contributed by atoms with Crippen molar-refractivity contribution in [1.29, 1.82) is 0 Å². The molecule has 3 rings (SSSR count). The fourth-order valence-corrected chi connectivity index (χ4v) is 2.93. The molecule has 20 heavy (non-hydrogen) atoms. The molecule has 2 heterocycles. The number of halogens is 1. The van der Waals surface area contributed by atoms with Crippen LogP contribution < -0.4 is 0 Å². The second-order valence-electron chi connectivity index (χ2n) is 4.07. The first-order valence-corrected chi connectivity index (χ1v) is 7.04. The van der Waals surface area contributed by atoms with E-state index in [0.717, 1.165) is 4.96 Å². The molecule has 0 aliphatic rings. The first kappa shape index (κ1) is 12.9. The minimum absolute atomic E-state index is 0.181. The van der Waals surface area contributed by atoms with Crippen LogP contribution in [0.15, 0.2) is 41.9 Å². The number of carbonyl (C=O) groups is 1. The van der Waals surface area contributed by atoms with E-state index in [0.29, 0.717) is 16.4 Å². The number of benzene rings is 1. The number of nitrogens with zero attached hydrogens (tertiary/aromatic N) is 2. The highest BCUT2D eigenvalue weighted by molar-refractivity contribution is 7.15. The zero-order valence-corrected chi connectivity index (χ0v) is 11.7. The predicted molar refractivity (Wildman–Crippen MR) is 80.0 cm³/mol. The van der Waals surface area contributed by atoms with Gasteiger partial charge in [0.25, 0.3) is 0 Å². The SMILES string of the molecule is O=C(O)/C(=C\c1c(Cl)nc2sccn12)c1ccccc1. The molecule has 1 aromatic carbocycles. The van der Waals surface area contributed by atoms with Crippen molar-refractivity contribution in [3.05, 3.63) is 58.3 Å². The normalized spacial score (nSPS) is 11.9. The second-order valence-corrected chi connectivity index (χ2v) is 5.30. The fraction of sp³-hybridized carbons (Fsp3) is 0. The molecule has 0 atom stereocenters. The molecule has 2 aromatic heterocycles. The van der Waals surface area contributed by atoms with E-state index in [1.165, 1.54) is 11.3 Å². The number of carboxylic acid groups (broad SMARTS) is 1. The third-order valence-corrected chi connectivity index (χ3v) is 3.89. The van der Waals surface area contributed by atoms with Crippen LogP contribution in [0.1, 0.15) is 11.3 Å². The molecule has 0 saturated carbocycles. The Bertz CT molecular complexity index is 805. The molecule has 3 aromatic rings. The number of aromatic nitrogens is 2. The standard InChI is InChI=1S/C14H9ClN2O2S/c15-12-11(17-6-7-20-14(17)16-12)8-10(13(18)19)9-4-2-1-3-5-9/h1-8H,(H,18,19)/b10-8-. The van der Waals surface area contributed by atoms with Crippen molar-refractivity contribution in [2.75, 3.05) is 0 Å². The maximum atomic E-state index is 11.5. The van der Waals surface area contributed by atoms with Gasteiger partial charge in [-0.15, -0.1) is 11.3 Å². The van der Waals surface area contributed by atoms with E-state index in [-0.39, 0.29) is 5.57 Å². The Labute approximate surface area is 123 Å². The van der Waals surface area contributed by atoms with Crippen molar-refractivity contribution in [3.8, 4) is 0 Å². The molecular weight excluding hydrogens is 296 g/mol. The number of hydrogen-bond donors (Lipinski definition) is 1. The Balaban J connectivity index is 2.19. The molecule has 0 aliphatic heterocycles. The van der Waals surface area contributed by atoms with Crippen LogP contribution >= 0.6 is 22.9 Å². The monoisotopic (exact) mass is 304 g/mol. The lowest BCUT2D eigenvalue weighted by Crippen LogP contribution is -2.00. The summed E-state index contributed by atoms with van der Waals surface area (Å²) in [5.41, 5.74) is 1.38. The van der Waals surface area contributed by atoms with Crippen LogP contribution in [0.5, 0.6) is 0 Å². The average molecular weight is 305 g/mol. The summed E-state index contributed by atoms with van der Waals surface area (Å²) in [4.78, 5) is 16.4. The Morgan fingerprint density at radius 1 is 1.35 bits per heavy atom. The lowest BCUT2D eigenvalue weighted by Gasteiger charge is -2.02. The van der Waals surface area contributed by atoms with Crippen molar-refractivity contribution in [1.82, 2.24) is 9.38 Å². The number of aliphatic carboxylic acids is 1. The van der Waals surface area contributed by atoms with Gasteiger partial charge in [0.1, 0.15) is 0 Å². The van der Waals surface area contributed by atoms with Gasteiger partial charge < -0.3 is 5.11 Å². The van der Waals surface area contributed by atoms with Gasteiger partial charge in [-0.05, 0) is 11.6 Å². The molecule has 100 valence electrons. The van der Waals surface area contributed by atoms with Gasteiger partial charge in [0.15, 0.2) is 10.1 Å². The first-order chi connectivity index (χ1) is 9.66. The van der Waals surface area contributed by atoms with Gasteiger partial charge in [0, 0.05) is 11.6 Å². The number of imidazole rings is 1. The lowest BCUT2D eigenvalue weighted by molar-refractivity contribution is -0.130. The molecule has 0 fully saturated rings. The van der Waals surface area contributed by atoms with Gasteiger partial charge in [0.05, 0.1) is 11.3 Å². The molecule has 0 unspecified atom stereocenters. The summed E-state index contributed by atoms with van der Waals surface area (Å²) in [5, 5.41) is 11.6. The van der Waals surface area contributed by atoms with Crippen molar-refractivity contribution in [3.63, 3.8) is 0 Å². The Kier molecular flexibility index (Phi) is 3.30. The predicted octanol–water partition coefficient (Wildman–Crippen LogP) is 3.67. The van der Waals surface area contributed by atoms with Crippen LogP contribution in [0.25, 0.3) is 16.6 Å². The quantitative estimate of drug-likeness (QED) is 0.751. The van der Waals surface area contributed by atoms with Gasteiger partial charge in [0.2, 0.25) is 0 Å². The summed E-state index contributed by atoms with van der Waals surface area (Å²) in [6, 6.07) is 8.93. The topological polar surface area (TPSA) is 54.6 Å². The smallest absolute Gasteiger partial charge is 0.336 e. The Morgan fingerprint density at radius 3 is 2.80 bits per heavy atom. The third-order valence-electron chi connectivity index (χ3n) is 2.85. The van der Waals surface area contributed by atoms with Gasteiger partial charge in [-0.2, -0.15) is 0 Å². The van der Waals surface area contributed by atoms with Crippen LogP contribution in [-0.2, 0) is 4.79 Å². The van der Waals surface area contributed by atoms with Gasteiger partial charge >= 0.3 is 5.97 Å². The molecule has 0 spiro atoms. The summed E-state index contributed by atoms with van der Waals surface area (Å²) < 4.78 is 1.78. The van der Waals surface area contributed by atoms with E-state index in [9.17, 15) is 9.90 Å². The molecule has 6 heteroatoms.